The molecule has 2 rings (SSSR count). The molecule has 1 heterocycles. The molecule has 0 saturated carbocycles. The maximum Gasteiger partial charge on any atom is 0.261 e. The van der Waals surface area contributed by atoms with Crippen LogP contribution in [0.25, 0.3) is 0 Å². The van der Waals surface area contributed by atoms with E-state index in [-0.39, 0.29) is 5.91 Å². The van der Waals surface area contributed by atoms with Crippen LogP contribution in [0.4, 0.5) is 5.69 Å². The molecule has 64 valence electrons. The van der Waals surface area contributed by atoms with Gasteiger partial charge in [-0.15, -0.1) is 0 Å². The summed E-state index contributed by atoms with van der Waals surface area (Å²) in [5.41, 5.74) is 1.14. The Balaban J connectivity index is 2.75. The van der Waals surface area contributed by atoms with Crippen molar-refractivity contribution in [1.29, 1.82) is 0 Å². The normalized spacial score (nSPS) is 13.8. The highest BCUT2D eigenvalue weighted by Crippen LogP contribution is 2.25. The molecule has 1 aromatic carbocycles. The van der Waals surface area contributed by atoms with Gasteiger partial charge < -0.3 is 0 Å². The van der Waals surface area contributed by atoms with Gasteiger partial charge in [-0.1, -0.05) is 6.07 Å². The third kappa shape index (κ3) is 0.955. The molecule has 0 radical (unpaired) electrons. The first-order valence-corrected chi connectivity index (χ1v) is 3.69. The van der Waals surface area contributed by atoms with Crippen molar-refractivity contribution in [3.05, 3.63) is 29.3 Å². The summed E-state index contributed by atoms with van der Waals surface area (Å²) in [7, 11) is 0. The number of carbonyl (C=O) groups excluding carboxylic acids is 2. The van der Waals surface area contributed by atoms with E-state index in [0.29, 0.717) is 16.8 Å². The summed E-state index contributed by atoms with van der Waals surface area (Å²) in [5.74, 6) is -0.770. The van der Waals surface area contributed by atoms with E-state index in [0.717, 1.165) is 0 Å². The highest BCUT2D eigenvalue weighted by atomic mass is 16.2. The summed E-state index contributed by atoms with van der Waals surface area (Å²) < 4.78 is 0. The molecular formula is C9H6N2O2. The van der Waals surface area contributed by atoms with Crippen LogP contribution >= 0.6 is 0 Å². The maximum atomic E-state index is 11.2. The van der Waals surface area contributed by atoms with Crippen LogP contribution in [0.15, 0.2) is 23.2 Å². The minimum absolute atomic E-state index is 0.322. The quantitative estimate of drug-likeness (QED) is 0.508. The van der Waals surface area contributed by atoms with Crippen LogP contribution in [-0.2, 0) is 0 Å². The lowest BCUT2D eigenvalue weighted by Gasteiger charge is -1.97. The predicted octanol–water partition coefficient (Wildman–Crippen LogP) is 0.902. The van der Waals surface area contributed by atoms with Gasteiger partial charge in [0.25, 0.3) is 11.8 Å². The van der Waals surface area contributed by atoms with Crippen LogP contribution in [-0.4, -0.2) is 18.5 Å². The fraction of sp³-hybridized carbons (Fsp3) is 0. The Morgan fingerprint density at radius 3 is 2.69 bits per heavy atom. The minimum atomic E-state index is -0.400. The Labute approximate surface area is 74.3 Å². The lowest BCUT2D eigenvalue weighted by molar-refractivity contribution is 0.0880. The summed E-state index contributed by atoms with van der Waals surface area (Å²) in [6, 6.07) is 4.90. The van der Waals surface area contributed by atoms with Crippen molar-refractivity contribution in [3.8, 4) is 0 Å². The minimum Gasteiger partial charge on any atom is -0.288 e. The molecule has 0 aromatic heterocycles. The summed E-state index contributed by atoms with van der Waals surface area (Å²) in [6.07, 6.45) is 0. The van der Waals surface area contributed by atoms with Gasteiger partial charge in [-0.3, -0.25) is 19.9 Å². The third-order valence-corrected chi connectivity index (χ3v) is 1.91. The number of rotatable bonds is 1. The molecule has 13 heavy (non-hydrogen) atoms. The van der Waals surface area contributed by atoms with Gasteiger partial charge in [0.05, 0.1) is 16.8 Å². The fourth-order valence-corrected chi connectivity index (χ4v) is 1.33. The van der Waals surface area contributed by atoms with Crippen molar-refractivity contribution in [3.63, 3.8) is 0 Å². The zero-order chi connectivity index (χ0) is 9.42. The molecular weight excluding hydrogens is 168 g/mol. The Bertz CT molecular complexity index is 424. The number of nitrogens with zero attached hydrogens (tertiary/aromatic N) is 1. The van der Waals surface area contributed by atoms with E-state index in [2.05, 4.69) is 17.0 Å². The van der Waals surface area contributed by atoms with Crippen LogP contribution in [0.5, 0.6) is 0 Å². The van der Waals surface area contributed by atoms with E-state index in [1.807, 2.05) is 0 Å². The number of benzene rings is 1. The van der Waals surface area contributed by atoms with Crippen molar-refractivity contribution < 1.29 is 9.59 Å². The molecule has 0 saturated heterocycles. The van der Waals surface area contributed by atoms with Crippen LogP contribution in [0.3, 0.4) is 0 Å². The number of fused-ring (bicyclic) bond motifs is 1. The van der Waals surface area contributed by atoms with Crippen molar-refractivity contribution >= 4 is 24.2 Å². The van der Waals surface area contributed by atoms with Crippen molar-refractivity contribution in [2.24, 2.45) is 4.99 Å². The SMILES string of the molecule is C=Nc1cccc2c1C(=O)NC2=O. The molecule has 0 unspecified atom stereocenters. The van der Waals surface area contributed by atoms with E-state index < -0.39 is 5.91 Å². The number of carbonyl (C=O) groups is 2. The molecule has 1 aromatic rings. The first-order chi connectivity index (χ1) is 6.24. The molecule has 1 aliphatic rings. The van der Waals surface area contributed by atoms with Crippen molar-refractivity contribution in [2.75, 3.05) is 0 Å². The van der Waals surface area contributed by atoms with Gasteiger partial charge in [0.2, 0.25) is 0 Å². The Kier molecular flexibility index (Phi) is 1.48. The third-order valence-electron chi connectivity index (χ3n) is 1.91. The van der Waals surface area contributed by atoms with E-state index >= 15 is 0 Å². The fourth-order valence-electron chi connectivity index (χ4n) is 1.33. The lowest BCUT2D eigenvalue weighted by atomic mass is 10.1. The monoisotopic (exact) mass is 174 g/mol. The molecule has 1 aliphatic heterocycles. The topological polar surface area (TPSA) is 58.5 Å². The summed E-state index contributed by atoms with van der Waals surface area (Å²) in [5, 5.41) is 2.19. The first kappa shape index (κ1) is 7.67. The Hall–Kier alpha value is -1.97. The molecule has 4 heteroatoms. The van der Waals surface area contributed by atoms with Gasteiger partial charge in [0.1, 0.15) is 0 Å². The average Bonchev–Trinajstić information content (AvgIpc) is 2.43. The number of hydrogen-bond donors (Lipinski definition) is 1. The number of aliphatic imine (C=N–C) groups is 1. The van der Waals surface area contributed by atoms with Gasteiger partial charge in [-0.2, -0.15) is 0 Å². The molecule has 1 N–H and O–H groups in total. The van der Waals surface area contributed by atoms with Gasteiger partial charge in [0.15, 0.2) is 0 Å². The number of imide groups is 1. The second kappa shape index (κ2) is 2.52. The van der Waals surface area contributed by atoms with Crippen molar-refractivity contribution in [2.45, 2.75) is 0 Å². The molecule has 0 spiro atoms. The van der Waals surface area contributed by atoms with Crippen LogP contribution in [0.2, 0.25) is 0 Å². The molecule has 0 bridgehead atoms. The Morgan fingerprint density at radius 2 is 2.00 bits per heavy atom. The van der Waals surface area contributed by atoms with E-state index in [4.69, 9.17) is 0 Å². The van der Waals surface area contributed by atoms with Crippen molar-refractivity contribution in [1.82, 2.24) is 5.32 Å². The molecule has 0 aliphatic carbocycles. The van der Waals surface area contributed by atoms with Crippen LogP contribution in [0, 0.1) is 0 Å². The standard InChI is InChI=1S/C9H6N2O2/c1-10-6-4-2-3-5-7(6)9(13)11-8(5)12/h2-4H,1H2,(H,11,12,13). The molecule has 4 nitrogen and oxygen atoms in total. The number of nitrogens with one attached hydrogen (secondary N) is 1. The number of amides is 2. The zero-order valence-electron chi connectivity index (χ0n) is 6.70. The van der Waals surface area contributed by atoms with Gasteiger partial charge in [-0.25, -0.2) is 0 Å². The Morgan fingerprint density at radius 1 is 1.23 bits per heavy atom. The van der Waals surface area contributed by atoms with Crippen LogP contribution in [0.1, 0.15) is 20.7 Å². The predicted molar refractivity (Wildman–Crippen MR) is 47.4 cm³/mol. The second-order valence-electron chi connectivity index (χ2n) is 2.64. The summed E-state index contributed by atoms with van der Waals surface area (Å²) in [6.45, 7) is 3.33. The largest absolute Gasteiger partial charge is 0.288 e. The molecule has 0 fully saturated rings. The number of hydrogen-bond acceptors (Lipinski definition) is 3. The summed E-state index contributed by atoms with van der Waals surface area (Å²) in [4.78, 5) is 26.0. The van der Waals surface area contributed by atoms with Gasteiger partial charge >= 0.3 is 0 Å². The lowest BCUT2D eigenvalue weighted by Crippen LogP contribution is -2.19. The van der Waals surface area contributed by atoms with E-state index in [9.17, 15) is 9.59 Å². The van der Waals surface area contributed by atoms with E-state index in [1.54, 1.807) is 18.2 Å². The average molecular weight is 174 g/mol. The highest BCUT2D eigenvalue weighted by Gasteiger charge is 2.28. The van der Waals surface area contributed by atoms with E-state index in [1.165, 1.54) is 0 Å². The van der Waals surface area contributed by atoms with Gasteiger partial charge in [-0.05, 0) is 18.9 Å². The second-order valence-corrected chi connectivity index (χ2v) is 2.64. The highest BCUT2D eigenvalue weighted by molar-refractivity contribution is 6.23. The first-order valence-electron chi connectivity index (χ1n) is 3.69. The van der Waals surface area contributed by atoms with Crippen LogP contribution < -0.4 is 5.32 Å². The summed E-state index contributed by atoms with van der Waals surface area (Å²) >= 11 is 0. The van der Waals surface area contributed by atoms with Gasteiger partial charge in [0, 0.05) is 0 Å². The molecule has 0 atom stereocenters. The smallest absolute Gasteiger partial charge is 0.261 e. The maximum absolute atomic E-state index is 11.2. The molecule has 2 amide bonds. The zero-order valence-corrected chi connectivity index (χ0v) is 6.70.